The van der Waals surface area contributed by atoms with Crippen LogP contribution >= 0.6 is 0 Å². The van der Waals surface area contributed by atoms with E-state index in [1.54, 1.807) is 0 Å². The van der Waals surface area contributed by atoms with Crippen molar-refractivity contribution in [3.8, 4) is 0 Å². The summed E-state index contributed by atoms with van der Waals surface area (Å²) in [5, 5.41) is 7.01. The third kappa shape index (κ3) is 3.41. The molecule has 5 nitrogen and oxygen atoms in total. The maximum atomic E-state index is 13.5. The molecule has 0 bridgehead atoms. The second-order valence-corrected chi connectivity index (χ2v) is 7.78. The minimum atomic E-state index is -0.777. The highest BCUT2D eigenvalue weighted by molar-refractivity contribution is 6.11. The number of carbonyl (C=O) groups excluding carboxylic acids is 2. The molecule has 0 saturated carbocycles. The van der Waals surface area contributed by atoms with Gasteiger partial charge in [-0.1, -0.05) is 50.2 Å². The number of fused-ring (bicyclic) bond motifs is 1. The van der Waals surface area contributed by atoms with Gasteiger partial charge < -0.3 is 15.4 Å². The number of methoxy groups -OCH3 is 1. The zero-order valence-electron chi connectivity index (χ0n) is 17.0. The SMILES string of the molecule is CCc1ccc([C@H]2Nc3ccccc3NC3=C2C(=O)[C@@H](C(=O)OC)[C@@H](C)C3)cc1. The van der Waals surface area contributed by atoms with Gasteiger partial charge in [0.25, 0.3) is 0 Å². The van der Waals surface area contributed by atoms with Gasteiger partial charge in [0, 0.05) is 11.3 Å². The quantitative estimate of drug-likeness (QED) is 0.597. The number of aryl methyl sites for hydroxylation is 1. The fraction of sp³-hybridized carbons (Fsp3) is 0.333. The molecule has 3 atom stereocenters. The summed E-state index contributed by atoms with van der Waals surface area (Å²) in [4.78, 5) is 25.9. The summed E-state index contributed by atoms with van der Waals surface area (Å²) in [5.41, 5.74) is 5.61. The van der Waals surface area contributed by atoms with Crippen LogP contribution in [-0.4, -0.2) is 18.9 Å². The summed E-state index contributed by atoms with van der Waals surface area (Å²) < 4.78 is 4.95. The molecule has 0 radical (unpaired) electrons. The maximum Gasteiger partial charge on any atom is 0.316 e. The Bertz CT molecular complexity index is 978. The Kier molecular flexibility index (Phi) is 5.14. The van der Waals surface area contributed by atoms with Crippen molar-refractivity contribution in [1.82, 2.24) is 0 Å². The average Bonchev–Trinajstić information content (AvgIpc) is 2.90. The first-order valence-corrected chi connectivity index (χ1v) is 10.1. The van der Waals surface area contributed by atoms with Crippen molar-refractivity contribution in [1.29, 1.82) is 0 Å². The van der Waals surface area contributed by atoms with Gasteiger partial charge in [-0.25, -0.2) is 0 Å². The van der Waals surface area contributed by atoms with Gasteiger partial charge in [0.05, 0.1) is 24.5 Å². The van der Waals surface area contributed by atoms with E-state index in [2.05, 4.69) is 41.8 Å². The van der Waals surface area contributed by atoms with Crippen molar-refractivity contribution in [3.63, 3.8) is 0 Å². The number of allylic oxidation sites excluding steroid dienone is 1. The van der Waals surface area contributed by atoms with E-state index in [0.29, 0.717) is 12.0 Å². The molecule has 0 aromatic heterocycles. The number of nitrogens with one attached hydrogen (secondary N) is 2. The third-order valence-electron chi connectivity index (χ3n) is 5.95. The molecule has 150 valence electrons. The highest BCUT2D eigenvalue weighted by atomic mass is 16.5. The summed E-state index contributed by atoms with van der Waals surface area (Å²) in [6.45, 7) is 4.05. The molecule has 2 aliphatic rings. The van der Waals surface area contributed by atoms with Gasteiger partial charge in [-0.3, -0.25) is 9.59 Å². The van der Waals surface area contributed by atoms with Gasteiger partial charge in [0.2, 0.25) is 0 Å². The average molecular weight is 390 g/mol. The first kappa shape index (κ1) is 19.2. The fourth-order valence-corrected chi connectivity index (χ4v) is 4.33. The highest BCUT2D eigenvalue weighted by Crippen LogP contribution is 2.43. The number of ketones is 1. The fourth-order valence-electron chi connectivity index (χ4n) is 4.33. The lowest BCUT2D eigenvalue weighted by atomic mass is 9.75. The van der Waals surface area contributed by atoms with Crippen LogP contribution in [0.3, 0.4) is 0 Å². The third-order valence-corrected chi connectivity index (χ3v) is 5.95. The first-order chi connectivity index (χ1) is 14.0. The molecule has 1 heterocycles. The first-order valence-electron chi connectivity index (χ1n) is 10.1. The number of ether oxygens (including phenoxy) is 1. The number of Topliss-reactive ketones (excluding diaryl/α,β-unsaturated/α-hetero) is 1. The van der Waals surface area contributed by atoms with Crippen LogP contribution in [0.5, 0.6) is 0 Å². The van der Waals surface area contributed by atoms with Crippen LogP contribution in [0, 0.1) is 11.8 Å². The number of hydrogen-bond acceptors (Lipinski definition) is 5. The number of hydrogen-bond donors (Lipinski definition) is 2. The molecule has 29 heavy (non-hydrogen) atoms. The number of anilines is 2. The molecule has 1 aliphatic carbocycles. The van der Waals surface area contributed by atoms with Crippen LogP contribution in [0.15, 0.2) is 59.8 Å². The van der Waals surface area contributed by atoms with Crippen LogP contribution in [0.25, 0.3) is 0 Å². The molecule has 2 aromatic rings. The Labute approximate surface area is 171 Å². The molecule has 0 fully saturated rings. The van der Waals surface area contributed by atoms with Gasteiger partial charge in [-0.15, -0.1) is 0 Å². The van der Waals surface area contributed by atoms with Crippen molar-refractivity contribution in [2.24, 2.45) is 11.8 Å². The van der Waals surface area contributed by atoms with Gasteiger partial charge in [0.15, 0.2) is 5.78 Å². The second-order valence-electron chi connectivity index (χ2n) is 7.78. The number of rotatable bonds is 3. The van der Waals surface area contributed by atoms with E-state index >= 15 is 0 Å². The van der Waals surface area contributed by atoms with Gasteiger partial charge >= 0.3 is 5.97 Å². The lowest BCUT2D eigenvalue weighted by molar-refractivity contribution is -0.151. The number of para-hydroxylation sites is 2. The molecule has 0 spiro atoms. The van der Waals surface area contributed by atoms with Crippen LogP contribution in [0.4, 0.5) is 11.4 Å². The zero-order valence-corrected chi connectivity index (χ0v) is 17.0. The Hall–Kier alpha value is -3.08. The molecule has 0 saturated heterocycles. The lowest BCUT2D eigenvalue weighted by Gasteiger charge is -2.32. The Morgan fingerprint density at radius 3 is 2.45 bits per heavy atom. The lowest BCUT2D eigenvalue weighted by Crippen LogP contribution is -2.39. The van der Waals surface area contributed by atoms with Gasteiger partial charge in [0.1, 0.15) is 5.92 Å². The zero-order chi connectivity index (χ0) is 20.5. The summed E-state index contributed by atoms with van der Waals surface area (Å²) in [5.74, 6) is -1.53. The minimum absolute atomic E-state index is 0.130. The Morgan fingerprint density at radius 2 is 1.79 bits per heavy atom. The Morgan fingerprint density at radius 1 is 1.10 bits per heavy atom. The summed E-state index contributed by atoms with van der Waals surface area (Å²) in [6, 6.07) is 15.9. The standard InChI is InChI=1S/C24H26N2O3/c1-4-15-9-11-16(12-10-15)22-21-19(25-17-7-5-6-8-18(17)26-22)13-14(2)20(23(21)27)24(28)29-3/h5-12,14,20,22,25-26H,4,13H2,1-3H3/t14-,20-,22+/m0/s1. The van der Waals surface area contributed by atoms with Crippen molar-refractivity contribution in [3.05, 3.63) is 70.9 Å². The number of esters is 1. The van der Waals surface area contributed by atoms with E-state index < -0.39 is 11.9 Å². The summed E-state index contributed by atoms with van der Waals surface area (Å²) in [6.07, 6.45) is 1.57. The molecule has 2 N–H and O–H groups in total. The molecule has 5 heteroatoms. The molecular formula is C24H26N2O3. The van der Waals surface area contributed by atoms with Crippen molar-refractivity contribution >= 4 is 23.1 Å². The van der Waals surface area contributed by atoms with Crippen LogP contribution < -0.4 is 10.6 Å². The van der Waals surface area contributed by atoms with E-state index in [1.807, 2.05) is 31.2 Å². The number of benzene rings is 2. The smallest absolute Gasteiger partial charge is 0.316 e. The van der Waals surface area contributed by atoms with Crippen molar-refractivity contribution < 1.29 is 14.3 Å². The number of carbonyl (C=O) groups is 2. The summed E-state index contributed by atoms with van der Waals surface area (Å²) in [7, 11) is 1.34. The summed E-state index contributed by atoms with van der Waals surface area (Å²) >= 11 is 0. The molecule has 1 aliphatic heterocycles. The van der Waals surface area contributed by atoms with Crippen LogP contribution in [0.2, 0.25) is 0 Å². The van der Waals surface area contributed by atoms with Crippen LogP contribution in [-0.2, 0) is 20.7 Å². The van der Waals surface area contributed by atoms with Crippen LogP contribution in [0.1, 0.15) is 37.4 Å². The monoisotopic (exact) mass is 390 g/mol. The second kappa shape index (κ2) is 7.74. The topological polar surface area (TPSA) is 67.4 Å². The van der Waals surface area contributed by atoms with E-state index in [1.165, 1.54) is 12.7 Å². The van der Waals surface area contributed by atoms with E-state index in [4.69, 9.17) is 4.74 Å². The molecule has 2 aromatic carbocycles. The molecule has 0 amide bonds. The molecule has 4 rings (SSSR count). The van der Waals surface area contributed by atoms with E-state index in [9.17, 15) is 9.59 Å². The normalized spacial score (nSPS) is 23.3. The molecular weight excluding hydrogens is 364 g/mol. The molecule has 0 unspecified atom stereocenters. The highest BCUT2D eigenvalue weighted by Gasteiger charge is 2.44. The van der Waals surface area contributed by atoms with E-state index in [-0.39, 0.29) is 17.7 Å². The van der Waals surface area contributed by atoms with E-state index in [0.717, 1.165) is 29.1 Å². The predicted molar refractivity (Wildman–Crippen MR) is 114 cm³/mol. The van der Waals surface area contributed by atoms with Gasteiger partial charge in [-0.2, -0.15) is 0 Å². The minimum Gasteiger partial charge on any atom is -0.468 e. The Balaban J connectivity index is 1.85. The van der Waals surface area contributed by atoms with Gasteiger partial charge in [-0.05, 0) is 42.0 Å². The largest absolute Gasteiger partial charge is 0.468 e. The van der Waals surface area contributed by atoms with Crippen molar-refractivity contribution in [2.75, 3.05) is 17.7 Å². The maximum absolute atomic E-state index is 13.5. The van der Waals surface area contributed by atoms with Crippen molar-refractivity contribution in [2.45, 2.75) is 32.7 Å². The predicted octanol–water partition coefficient (Wildman–Crippen LogP) is 4.48.